The number of rotatable bonds is 1. The predicted molar refractivity (Wildman–Crippen MR) is 60.1 cm³/mol. The molecule has 0 aromatic carbocycles. The van der Waals surface area contributed by atoms with Crippen molar-refractivity contribution >= 4 is 17.5 Å². The lowest BCUT2D eigenvalue weighted by atomic mass is 9.75. The molecule has 0 saturated heterocycles. The van der Waals surface area contributed by atoms with Crippen LogP contribution >= 0.6 is 0 Å². The average Bonchev–Trinajstić information content (AvgIpc) is 2.54. The summed E-state index contributed by atoms with van der Waals surface area (Å²) in [5.74, 6) is -1.92. The lowest BCUT2D eigenvalue weighted by Crippen LogP contribution is -2.43. The van der Waals surface area contributed by atoms with Gasteiger partial charge < -0.3 is 4.74 Å². The lowest BCUT2D eigenvalue weighted by molar-refractivity contribution is -0.153. The van der Waals surface area contributed by atoms with Crippen LogP contribution in [0.4, 0.5) is 0 Å². The number of allylic oxidation sites excluding steroid dienone is 2. The third-order valence-corrected chi connectivity index (χ3v) is 3.59. The minimum Gasteiger partial charge on any atom is -0.450 e. The second-order valence-electron chi connectivity index (χ2n) is 4.57. The van der Waals surface area contributed by atoms with Crippen molar-refractivity contribution in [3.8, 4) is 6.07 Å². The Morgan fingerprint density at radius 3 is 2.61 bits per heavy atom. The summed E-state index contributed by atoms with van der Waals surface area (Å²) in [6, 6.07) is 1.77. The molecule has 1 heterocycles. The zero-order chi connectivity index (χ0) is 13.5. The smallest absolute Gasteiger partial charge is 0.349 e. The van der Waals surface area contributed by atoms with E-state index in [1.165, 1.54) is 12.2 Å². The number of cyclic esters (lactones) is 1. The van der Waals surface area contributed by atoms with E-state index in [0.717, 1.165) is 0 Å². The van der Waals surface area contributed by atoms with Crippen molar-refractivity contribution in [2.45, 2.75) is 25.9 Å². The van der Waals surface area contributed by atoms with Crippen molar-refractivity contribution in [3.63, 3.8) is 0 Å². The number of hydrogen-bond donors (Lipinski definition) is 0. The molecule has 5 nitrogen and oxygen atoms in total. The Kier molecular flexibility index (Phi) is 2.66. The van der Waals surface area contributed by atoms with Crippen LogP contribution < -0.4 is 0 Å². The second kappa shape index (κ2) is 3.91. The molecule has 0 N–H and O–H groups in total. The molecule has 0 aromatic heterocycles. The van der Waals surface area contributed by atoms with E-state index in [1.54, 1.807) is 19.9 Å². The first-order valence-corrected chi connectivity index (χ1v) is 5.49. The van der Waals surface area contributed by atoms with Gasteiger partial charge in [-0.1, -0.05) is 0 Å². The Bertz CT molecular complexity index is 564. The third kappa shape index (κ3) is 1.58. The molecule has 0 bridgehead atoms. The minimum atomic E-state index is -1.19. The summed E-state index contributed by atoms with van der Waals surface area (Å²) in [5.41, 5.74) is -0.858. The molecule has 5 heteroatoms. The highest BCUT2D eigenvalue weighted by atomic mass is 16.6. The molecule has 1 aliphatic carbocycles. The number of carbonyl (C=O) groups is 3. The van der Waals surface area contributed by atoms with E-state index in [4.69, 9.17) is 10.00 Å². The van der Waals surface area contributed by atoms with E-state index in [2.05, 4.69) is 0 Å². The highest BCUT2D eigenvalue weighted by Crippen LogP contribution is 2.41. The van der Waals surface area contributed by atoms with Crippen LogP contribution in [0.2, 0.25) is 0 Å². The molecule has 2 atom stereocenters. The number of ether oxygens (including phenoxy) is 1. The van der Waals surface area contributed by atoms with Gasteiger partial charge in [0.25, 0.3) is 0 Å². The van der Waals surface area contributed by atoms with Crippen LogP contribution in [-0.4, -0.2) is 23.1 Å². The van der Waals surface area contributed by atoms with Gasteiger partial charge in [0.1, 0.15) is 17.2 Å². The molecule has 0 aromatic rings. The standard InChI is InChI=1S/C13H11NO4/c1-7-9(6-14)12(17)18-13(7,2)10-5-8(15)3-4-11(10)16/h3-4,10H,5H2,1-2H3. The summed E-state index contributed by atoms with van der Waals surface area (Å²) in [6.45, 7) is 3.15. The summed E-state index contributed by atoms with van der Waals surface area (Å²) in [5, 5.41) is 8.88. The fraction of sp³-hybridized carbons (Fsp3) is 0.385. The van der Waals surface area contributed by atoms with Crippen molar-refractivity contribution in [2.75, 3.05) is 0 Å². The van der Waals surface area contributed by atoms with Crippen LogP contribution in [-0.2, 0) is 19.1 Å². The SMILES string of the molecule is CC1=C(C#N)C(=O)OC1(C)C1CC(=O)C=CC1=O. The molecule has 18 heavy (non-hydrogen) atoms. The fourth-order valence-corrected chi connectivity index (χ4v) is 2.31. The molecular weight excluding hydrogens is 234 g/mol. The monoisotopic (exact) mass is 245 g/mol. The van der Waals surface area contributed by atoms with Crippen LogP contribution in [0, 0.1) is 17.2 Å². The lowest BCUT2D eigenvalue weighted by Gasteiger charge is -2.33. The van der Waals surface area contributed by atoms with Gasteiger partial charge in [0, 0.05) is 6.42 Å². The highest BCUT2D eigenvalue weighted by molar-refractivity contribution is 6.07. The first-order chi connectivity index (χ1) is 8.40. The van der Waals surface area contributed by atoms with Gasteiger partial charge in [-0.3, -0.25) is 9.59 Å². The molecule has 0 amide bonds. The zero-order valence-electron chi connectivity index (χ0n) is 10.0. The summed E-state index contributed by atoms with van der Waals surface area (Å²) in [4.78, 5) is 34.8. The van der Waals surface area contributed by atoms with Crippen LogP contribution in [0.5, 0.6) is 0 Å². The predicted octanol–water partition coefficient (Wildman–Crippen LogP) is 0.856. The fourth-order valence-electron chi connectivity index (χ4n) is 2.31. The Labute approximate surface area is 104 Å². The van der Waals surface area contributed by atoms with E-state index >= 15 is 0 Å². The molecule has 92 valence electrons. The van der Waals surface area contributed by atoms with E-state index in [0.29, 0.717) is 5.57 Å². The van der Waals surface area contributed by atoms with Crippen LogP contribution in [0.1, 0.15) is 20.3 Å². The maximum atomic E-state index is 11.8. The zero-order valence-corrected chi connectivity index (χ0v) is 10.0. The first-order valence-electron chi connectivity index (χ1n) is 5.49. The normalized spacial score (nSPS) is 31.6. The third-order valence-electron chi connectivity index (χ3n) is 3.59. The van der Waals surface area contributed by atoms with Gasteiger partial charge in [0.15, 0.2) is 11.6 Å². The topological polar surface area (TPSA) is 84.2 Å². The van der Waals surface area contributed by atoms with Gasteiger partial charge in [-0.25, -0.2) is 4.79 Å². The van der Waals surface area contributed by atoms with Gasteiger partial charge in [0.05, 0.1) is 5.92 Å². The van der Waals surface area contributed by atoms with Gasteiger partial charge in [0.2, 0.25) is 0 Å². The van der Waals surface area contributed by atoms with E-state index in [-0.39, 0.29) is 23.6 Å². The minimum absolute atomic E-state index is 0.00480. The van der Waals surface area contributed by atoms with Gasteiger partial charge in [-0.05, 0) is 31.6 Å². The summed E-state index contributed by atoms with van der Waals surface area (Å²) >= 11 is 0. The number of ketones is 2. The number of carbonyl (C=O) groups excluding carboxylic acids is 3. The molecule has 0 fully saturated rings. The summed E-state index contributed by atoms with van der Waals surface area (Å²) in [6.07, 6.45) is 2.42. The Morgan fingerprint density at radius 1 is 1.39 bits per heavy atom. The first kappa shape index (κ1) is 12.2. The summed E-state index contributed by atoms with van der Waals surface area (Å²) < 4.78 is 5.18. The van der Waals surface area contributed by atoms with Crippen LogP contribution in [0.25, 0.3) is 0 Å². The molecule has 0 radical (unpaired) electrons. The number of nitriles is 1. The molecular formula is C13H11NO4. The quantitative estimate of drug-likeness (QED) is 0.639. The van der Waals surface area contributed by atoms with E-state index < -0.39 is 17.5 Å². The Balaban J connectivity index is 2.46. The molecule has 0 saturated carbocycles. The van der Waals surface area contributed by atoms with Crippen molar-refractivity contribution in [2.24, 2.45) is 5.92 Å². The molecule has 2 rings (SSSR count). The molecule has 1 aliphatic heterocycles. The van der Waals surface area contributed by atoms with Gasteiger partial charge >= 0.3 is 5.97 Å². The maximum absolute atomic E-state index is 11.8. The average molecular weight is 245 g/mol. The van der Waals surface area contributed by atoms with Gasteiger partial charge in [-0.2, -0.15) is 5.26 Å². The molecule has 2 aliphatic rings. The van der Waals surface area contributed by atoms with Crippen LogP contribution in [0.3, 0.4) is 0 Å². The van der Waals surface area contributed by atoms with Crippen molar-refractivity contribution < 1.29 is 19.1 Å². The van der Waals surface area contributed by atoms with Crippen molar-refractivity contribution in [1.29, 1.82) is 5.26 Å². The van der Waals surface area contributed by atoms with Crippen LogP contribution in [0.15, 0.2) is 23.3 Å². The molecule has 0 spiro atoms. The Hall–Kier alpha value is -2.22. The number of nitrogens with zero attached hydrogens (tertiary/aromatic N) is 1. The Morgan fingerprint density at radius 2 is 2.06 bits per heavy atom. The second-order valence-corrected chi connectivity index (χ2v) is 4.57. The van der Waals surface area contributed by atoms with Gasteiger partial charge in [-0.15, -0.1) is 0 Å². The van der Waals surface area contributed by atoms with E-state index in [9.17, 15) is 14.4 Å². The van der Waals surface area contributed by atoms with E-state index in [1.807, 2.05) is 0 Å². The summed E-state index contributed by atoms with van der Waals surface area (Å²) in [7, 11) is 0. The maximum Gasteiger partial charge on any atom is 0.349 e. The van der Waals surface area contributed by atoms with Crippen molar-refractivity contribution in [3.05, 3.63) is 23.3 Å². The largest absolute Gasteiger partial charge is 0.450 e. The number of esters is 1. The molecule has 2 unspecified atom stereocenters. The highest BCUT2D eigenvalue weighted by Gasteiger charge is 2.50. The van der Waals surface area contributed by atoms with Crippen molar-refractivity contribution in [1.82, 2.24) is 0 Å². The number of hydrogen-bond acceptors (Lipinski definition) is 5.